The molecule has 0 saturated carbocycles. The number of nitrogens with one attached hydrogen (secondary N) is 1. The van der Waals surface area contributed by atoms with Gasteiger partial charge in [-0.2, -0.15) is 0 Å². The molecular weight excluding hydrogens is 254 g/mol. The summed E-state index contributed by atoms with van der Waals surface area (Å²) in [6.07, 6.45) is 1.82. The summed E-state index contributed by atoms with van der Waals surface area (Å²) in [5.74, 6) is 6.35. The third-order valence-corrected chi connectivity index (χ3v) is 3.32. The average Bonchev–Trinajstić information content (AvgIpc) is 2.45. The second-order valence-electron chi connectivity index (χ2n) is 5.04. The van der Waals surface area contributed by atoms with Gasteiger partial charge < -0.3 is 5.32 Å². The van der Waals surface area contributed by atoms with Gasteiger partial charge in [0.1, 0.15) is 0 Å². The molecule has 21 heavy (non-hydrogen) atoms. The van der Waals surface area contributed by atoms with Crippen molar-refractivity contribution in [2.45, 2.75) is 20.8 Å². The maximum atomic E-state index is 4.08. The molecule has 0 atom stereocenters. The van der Waals surface area contributed by atoms with Gasteiger partial charge in [0.2, 0.25) is 0 Å². The van der Waals surface area contributed by atoms with E-state index >= 15 is 0 Å². The monoisotopic (exact) mass is 277 g/mol. The van der Waals surface area contributed by atoms with Crippen LogP contribution in [0, 0.1) is 18.8 Å². The quantitative estimate of drug-likeness (QED) is 0.625. The van der Waals surface area contributed by atoms with E-state index in [0.717, 1.165) is 39.1 Å². The molecule has 1 aromatic rings. The van der Waals surface area contributed by atoms with Crippen molar-refractivity contribution in [1.82, 2.24) is 5.32 Å². The normalized spacial score (nSPS) is 10.9. The highest BCUT2D eigenvalue weighted by Crippen LogP contribution is 2.19. The fourth-order valence-electron chi connectivity index (χ4n) is 2.04. The van der Waals surface area contributed by atoms with Crippen molar-refractivity contribution in [2.24, 2.45) is 0 Å². The molecule has 0 aromatic heterocycles. The summed E-state index contributed by atoms with van der Waals surface area (Å²) < 4.78 is 0. The third-order valence-electron chi connectivity index (χ3n) is 3.32. The molecule has 0 saturated heterocycles. The first kappa shape index (κ1) is 16.6. The molecule has 1 heteroatoms. The van der Waals surface area contributed by atoms with Crippen molar-refractivity contribution in [3.05, 3.63) is 77.0 Å². The number of rotatable bonds is 4. The molecule has 0 heterocycles. The fourth-order valence-corrected chi connectivity index (χ4v) is 2.04. The van der Waals surface area contributed by atoms with Crippen LogP contribution in [0.2, 0.25) is 0 Å². The highest BCUT2D eigenvalue weighted by Gasteiger charge is 2.05. The molecule has 1 nitrogen and oxygen atoms in total. The van der Waals surface area contributed by atoms with Gasteiger partial charge in [-0.25, -0.2) is 0 Å². The zero-order valence-electron chi connectivity index (χ0n) is 13.4. The summed E-state index contributed by atoms with van der Waals surface area (Å²) in [4.78, 5) is 0. The second-order valence-corrected chi connectivity index (χ2v) is 5.04. The lowest BCUT2D eigenvalue weighted by molar-refractivity contribution is 0.969. The van der Waals surface area contributed by atoms with E-state index in [1.165, 1.54) is 0 Å². The lowest BCUT2D eigenvalue weighted by atomic mass is 9.98. The van der Waals surface area contributed by atoms with Crippen LogP contribution >= 0.6 is 0 Å². The molecule has 0 unspecified atom stereocenters. The molecule has 108 valence electrons. The molecule has 0 bridgehead atoms. The van der Waals surface area contributed by atoms with E-state index < -0.39 is 0 Å². The van der Waals surface area contributed by atoms with Crippen molar-refractivity contribution < 1.29 is 0 Å². The minimum absolute atomic E-state index is 0.776. The molecule has 1 rings (SSSR count). The van der Waals surface area contributed by atoms with Crippen LogP contribution in [0.15, 0.2) is 60.4 Å². The van der Waals surface area contributed by atoms with Gasteiger partial charge in [-0.15, -0.1) is 0 Å². The van der Waals surface area contributed by atoms with Gasteiger partial charge >= 0.3 is 0 Å². The standard InChI is InChI=1S/C20H23N/c1-8-18-11-9-15(4)19(13-18)12-10-16(5)20(14(2)3)17(6)21-7/h8-9,11,13,21H,1-2,5H2,3-4,6-7H3/b20-17-. The molecule has 0 amide bonds. The van der Waals surface area contributed by atoms with Crippen LogP contribution in [-0.4, -0.2) is 7.05 Å². The molecule has 1 aromatic carbocycles. The van der Waals surface area contributed by atoms with E-state index in [4.69, 9.17) is 0 Å². The van der Waals surface area contributed by atoms with Crippen molar-refractivity contribution in [3.8, 4) is 11.8 Å². The van der Waals surface area contributed by atoms with Crippen LogP contribution in [0.3, 0.4) is 0 Å². The van der Waals surface area contributed by atoms with Crippen LogP contribution in [0.25, 0.3) is 6.08 Å². The Morgan fingerprint density at radius 2 is 1.90 bits per heavy atom. The lowest BCUT2D eigenvalue weighted by Crippen LogP contribution is -2.07. The number of allylic oxidation sites excluding steroid dienone is 4. The zero-order chi connectivity index (χ0) is 16.0. The first-order valence-electron chi connectivity index (χ1n) is 6.89. The average molecular weight is 277 g/mol. The molecule has 0 aliphatic rings. The van der Waals surface area contributed by atoms with Crippen molar-refractivity contribution >= 4 is 6.08 Å². The zero-order valence-corrected chi connectivity index (χ0v) is 13.4. The van der Waals surface area contributed by atoms with E-state index in [2.05, 4.69) is 43.0 Å². The van der Waals surface area contributed by atoms with E-state index in [9.17, 15) is 0 Å². The summed E-state index contributed by atoms with van der Waals surface area (Å²) in [6.45, 7) is 17.9. The number of hydrogen-bond donors (Lipinski definition) is 1. The molecular formula is C20H23N. The lowest BCUT2D eigenvalue weighted by Gasteiger charge is -2.10. The van der Waals surface area contributed by atoms with Gasteiger partial charge in [0.25, 0.3) is 0 Å². The topological polar surface area (TPSA) is 12.0 Å². The van der Waals surface area contributed by atoms with Crippen molar-refractivity contribution in [1.29, 1.82) is 0 Å². The SMILES string of the molecule is C=Cc1ccc(C)c(C#CC(=C)/C(C(=C)C)=C(/C)NC)c1. The largest absolute Gasteiger partial charge is 0.391 e. The highest BCUT2D eigenvalue weighted by molar-refractivity contribution is 5.59. The Hall–Kier alpha value is -2.46. The molecule has 0 fully saturated rings. The van der Waals surface area contributed by atoms with Crippen LogP contribution < -0.4 is 5.32 Å². The van der Waals surface area contributed by atoms with Crippen molar-refractivity contribution in [3.63, 3.8) is 0 Å². The van der Waals surface area contributed by atoms with Crippen LogP contribution in [0.5, 0.6) is 0 Å². The smallest absolute Gasteiger partial charge is 0.0284 e. The Bertz CT molecular complexity index is 676. The molecule has 1 N–H and O–H groups in total. The van der Waals surface area contributed by atoms with Gasteiger partial charge in [0.15, 0.2) is 0 Å². The molecule has 0 aliphatic carbocycles. The minimum atomic E-state index is 0.776. The Morgan fingerprint density at radius 1 is 1.24 bits per heavy atom. The fraction of sp³-hybridized carbons (Fsp3) is 0.200. The molecule has 0 radical (unpaired) electrons. The van der Waals surface area contributed by atoms with Gasteiger partial charge in [0.05, 0.1) is 0 Å². The summed E-state index contributed by atoms with van der Waals surface area (Å²) >= 11 is 0. The van der Waals surface area contributed by atoms with Crippen LogP contribution in [0.1, 0.15) is 30.5 Å². The maximum Gasteiger partial charge on any atom is 0.0284 e. The van der Waals surface area contributed by atoms with E-state index in [1.54, 1.807) is 0 Å². The number of hydrogen-bond acceptors (Lipinski definition) is 1. The summed E-state index contributed by atoms with van der Waals surface area (Å²) in [5.41, 5.74) is 6.96. The second kappa shape index (κ2) is 7.36. The van der Waals surface area contributed by atoms with Gasteiger partial charge in [0, 0.05) is 29.5 Å². The molecule has 0 aliphatic heterocycles. The minimum Gasteiger partial charge on any atom is -0.391 e. The molecule has 0 spiro atoms. The third kappa shape index (κ3) is 4.26. The van der Waals surface area contributed by atoms with Crippen LogP contribution in [-0.2, 0) is 0 Å². The maximum absolute atomic E-state index is 4.08. The Morgan fingerprint density at radius 3 is 2.43 bits per heavy atom. The van der Waals surface area contributed by atoms with E-state index in [0.29, 0.717) is 0 Å². The van der Waals surface area contributed by atoms with E-state index in [-0.39, 0.29) is 0 Å². The first-order chi connectivity index (χ1) is 9.90. The Labute approximate surface area is 128 Å². The predicted octanol–water partition coefficient (Wildman–Crippen LogP) is 4.62. The Kier molecular flexibility index (Phi) is 5.81. The highest BCUT2D eigenvalue weighted by atomic mass is 14.8. The summed E-state index contributed by atoms with van der Waals surface area (Å²) in [7, 11) is 1.89. The van der Waals surface area contributed by atoms with Crippen molar-refractivity contribution in [2.75, 3.05) is 7.05 Å². The first-order valence-corrected chi connectivity index (χ1v) is 6.89. The predicted molar refractivity (Wildman–Crippen MR) is 93.9 cm³/mol. The van der Waals surface area contributed by atoms with Gasteiger partial charge in [-0.3, -0.25) is 0 Å². The summed E-state index contributed by atoms with van der Waals surface area (Å²) in [6, 6.07) is 6.13. The van der Waals surface area contributed by atoms with Gasteiger partial charge in [-0.1, -0.05) is 49.8 Å². The Balaban J connectivity index is 3.20. The van der Waals surface area contributed by atoms with Crippen LogP contribution in [0.4, 0.5) is 0 Å². The van der Waals surface area contributed by atoms with Gasteiger partial charge in [-0.05, 0) is 43.5 Å². The van der Waals surface area contributed by atoms with E-state index in [1.807, 2.05) is 46.0 Å². The number of benzene rings is 1. The summed E-state index contributed by atoms with van der Waals surface area (Å²) in [5, 5.41) is 3.13. The number of aryl methyl sites for hydroxylation is 1.